The van der Waals surface area contributed by atoms with E-state index in [9.17, 15) is 13.2 Å². The molecule has 21 heavy (non-hydrogen) atoms. The quantitative estimate of drug-likeness (QED) is 0.487. The lowest BCUT2D eigenvalue weighted by Gasteiger charge is -2.07. The molecule has 0 unspecified atom stereocenters. The lowest BCUT2D eigenvalue weighted by atomic mass is 10.2. The molecule has 0 aliphatic heterocycles. The van der Waals surface area contributed by atoms with Crippen molar-refractivity contribution < 1.29 is 13.2 Å². The summed E-state index contributed by atoms with van der Waals surface area (Å²) in [6.07, 6.45) is 2.95. The van der Waals surface area contributed by atoms with Crippen LogP contribution in [-0.4, -0.2) is 26.9 Å². The van der Waals surface area contributed by atoms with Crippen molar-refractivity contribution in [2.75, 3.05) is 12.3 Å². The number of carbonyl (C=O) groups excluding carboxylic acids is 1. The molecular weight excluding hydrogens is 290 g/mol. The predicted octanol–water partition coefficient (Wildman–Crippen LogP) is 0.747. The predicted molar refractivity (Wildman–Crippen MR) is 81.9 cm³/mol. The molecule has 1 aromatic carbocycles. The van der Waals surface area contributed by atoms with Crippen LogP contribution in [0.5, 0.6) is 0 Å². The molecule has 1 amide bonds. The fourth-order valence-electron chi connectivity index (χ4n) is 1.96. The number of anilines is 1. The van der Waals surface area contributed by atoms with Crippen LogP contribution in [0.4, 0.5) is 5.69 Å². The number of nitrogen functional groups attached to an aromatic ring is 1. The zero-order chi connectivity index (χ0) is 15.3. The summed E-state index contributed by atoms with van der Waals surface area (Å²) in [5, 5.41) is 2.87. The van der Waals surface area contributed by atoms with Gasteiger partial charge in [0.2, 0.25) is 15.9 Å². The number of amides is 1. The number of carbonyl (C=O) groups is 1. The minimum Gasteiger partial charge on any atom is -0.399 e. The van der Waals surface area contributed by atoms with Crippen molar-refractivity contribution in [3.05, 3.63) is 29.8 Å². The van der Waals surface area contributed by atoms with Crippen LogP contribution in [0.2, 0.25) is 0 Å². The Morgan fingerprint density at radius 1 is 1.33 bits per heavy atom. The summed E-state index contributed by atoms with van der Waals surface area (Å²) in [7, 11) is -3.40. The summed E-state index contributed by atoms with van der Waals surface area (Å²) in [6.45, 7) is 0.267. The number of nitrogens with two attached hydrogens (primary N) is 1. The molecule has 6 nitrogen and oxygen atoms in total. The third-order valence-electron chi connectivity index (χ3n) is 3.15. The van der Waals surface area contributed by atoms with E-state index in [4.69, 9.17) is 5.73 Å². The van der Waals surface area contributed by atoms with Gasteiger partial charge in [0.25, 0.3) is 0 Å². The molecule has 1 saturated carbocycles. The molecule has 1 aliphatic carbocycles. The Bertz CT molecular complexity index is 597. The minimum absolute atomic E-state index is 0.00692. The molecule has 0 heterocycles. The van der Waals surface area contributed by atoms with Crippen LogP contribution in [0, 0.1) is 0 Å². The summed E-state index contributed by atoms with van der Waals surface area (Å²) < 4.78 is 26.3. The van der Waals surface area contributed by atoms with Crippen LogP contribution in [0.15, 0.2) is 24.3 Å². The first-order valence-electron chi connectivity index (χ1n) is 7.06. The smallest absolute Gasteiger partial charge is 0.220 e. The van der Waals surface area contributed by atoms with Gasteiger partial charge in [-0.05, 0) is 37.0 Å². The maximum absolute atomic E-state index is 11.9. The van der Waals surface area contributed by atoms with E-state index in [1.807, 2.05) is 0 Å². The van der Waals surface area contributed by atoms with Gasteiger partial charge in [-0.1, -0.05) is 12.1 Å². The number of hydrogen-bond donors (Lipinski definition) is 3. The highest BCUT2D eigenvalue weighted by Crippen LogP contribution is 2.18. The number of rotatable bonds is 8. The number of sulfonamides is 1. The van der Waals surface area contributed by atoms with E-state index in [1.165, 1.54) is 0 Å². The van der Waals surface area contributed by atoms with Gasteiger partial charge in [0.05, 0.1) is 5.75 Å². The van der Waals surface area contributed by atoms with Crippen LogP contribution in [0.1, 0.15) is 31.2 Å². The highest BCUT2D eigenvalue weighted by Gasteiger charge is 2.22. The zero-order valence-electron chi connectivity index (χ0n) is 11.8. The second kappa shape index (κ2) is 6.91. The topological polar surface area (TPSA) is 101 Å². The molecule has 1 fully saturated rings. The second-order valence-corrected chi connectivity index (χ2v) is 7.15. The van der Waals surface area contributed by atoms with Crippen molar-refractivity contribution >= 4 is 21.6 Å². The fraction of sp³-hybridized carbons (Fsp3) is 0.500. The Balaban J connectivity index is 1.69. The van der Waals surface area contributed by atoms with Crippen LogP contribution in [0.25, 0.3) is 0 Å². The molecule has 1 aliphatic rings. The highest BCUT2D eigenvalue weighted by atomic mass is 32.2. The normalized spacial score (nSPS) is 14.9. The van der Waals surface area contributed by atoms with E-state index in [0.29, 0.717) is 30.1 Å². The van der Waals surface area contributed by atoms with Crippen LogP contribution in [-0.2, 0) is 20.6 Å². The van der Waals surface area contributed by atoms with Gasteiger partial charge in [-0.25, -0.2) is 13.1 Å². The minimum atomic E-state index is -3.40. The van der Waals surface area contributed by atoms with Crippen LogP contribution < -0.4 is 15.8 Å². The lowest BCUT2D eigenvalue weighted by molar-refractivity contribution is -0.121. The first kappa shape index (κ1) is 15.8. The number of nitrogens with one attached hydrogen (secondary N) is 2. The standard InChI is InChI=1S/C14H21N3O3S/c15-12-4-1-3-11(9-12)10-21(19,20)16-8-2-5-14(18)17-13-6-7-13/h1,3-4,9,13,16H,2,5-8,10,15H2,(H,17,18). The first-order chi connectivity index (χ1) is 9.94. The van der Waals surface area contributed by atoms with Gasteiger partial charge in [-0.3, -0.25) is 4.79 Å². The first-order valence-corrected chi connectivity index (χ1v) is 8.71. The molecule has 1 aromatic rings. The van der Waals surface area contributed by atoms with Gasteiger partial charge < -0.3 is 11.1 Å². The Labute approximate surface area is 125 Å². The summed E-state index contributed by atoms with van der Waals surface area (Å²) in [4.78, 5) is 11.4. The van der Waals surface area contributed by atoms with E-state index >= 15 is 0 Å². The maximum Gasteiger partial charge on any atom is 0.220 e. The van der Waals surface area contributed by atoms with E-state index in [0.717, 1.165) is 12.8 Å². The summed E-state index contributed by atoms with van der Waals surface area (Å²) in [6, 6.07) is 7.14. The van der Waals surface area contributed by atoms with Gasteiger partial charge in [-0.2, -0.15) is 0 Å². The Morgan fingerprint density at radius 3 is 2.76 bits per heavy atom. The average molecular weight is 311 g/mol. The summed E-state index contributed by atoms with van der Waals surface area (Å²) in [5.74, 6) is -0.112. The van der Waals surface area contributed by atoms with Crippen molar-refractivity contribution in [2.24, 2.45) is 0 Å². The van der Waals surface area contributed by atoms with E-state index in [2.05, 4.69) is 10.0 Å². The molecular formula is C14H21N3O3S. The van der Waals surface area contributed by atoms with Gasteiger partial charge in [0, 0.05) is 24.7 Å². The molecule has 0 aromatic heterocycles. The molecule has 0 bridgehead atoms. The Kier molecular flexibility index (Phi) is 5.19. The van der Waals surface area contributed by atoms with E-state index in [1.54, 1.807) is 24.3 Å². The molecule has 7 heteroatoms. The van der Waals surface area contributed by atoms with Crippen molar-refractivity contribution in [3.8, 4) is 0 Å². The lowest BCUT2D eigenvalue weighted by Crippen LogP contribution is -2.29. The molecule has 0 atom stereocenters. The Morgan fingerprint density at radius 2 is 2.10 bits per heavy atom. The van der Waals surface area contributed by atoms with Crippen molar-refractivity contribution in [3.63, 3.8) is 0 Å². The molecule has 0 spiro atoms. The third-order valence-corrected chi connectivity index (χ3v) is 4.51. The molecule has 2 rings (SSSR count). The molecule has 0 saturated heterocycles. The van der Waals surface area contributed by atoms with Gasteiger partial charge in [-0.15, -0.1) is 0 Å². The molecule has 4 N–H and O–H groups in total. The Hall–Kier alpha value is -1.60. The second-order valence-electron chi connectivity index (χ2n) is 5.34. The largest absolute Gasteiger partial charge is 0.399 e. The van der Waals surface area contributed by atoms with E-state index in [-0.39, 0.29) is 18.2 Å². The molecule has 116 valence electrons. The van der Waals surface area contributed by atoms with Gasteiger partial charge in [0.15, 0.2) is 0 Å². The van der Waals surface area contributed by atoms with Crippen molar-refractivity contribution in [2.45, 2.75) is 37.5 Å². The average Bonchev–Trinajstić information content (AvgIpc) is 3.18. The SMILES string of the molecule is Nc1cccc(CS(=O)(=O)NCCCC(=O)NC2CC2)c1. The number of hydrogen-bond acceptors (Lipinski definition) is 4. The van der Waals surface area contributed by atoms with Gasteiger partial charge in [0.1, 0.15) is 0 Å². The number of benzene rings is 1. The van der Waals surface area contributed by atoms with Gasteiger partial charge >= 0.3 is 0 Å². The fourth-order valence-corrected chi connectivity index (χ4v) is 3.13. The van der Waals surface area contributed by atoms with Crippen molar-refractivity contribution in [1.29, 1.82) is 0 Å². The zero-order valence-corrected chi connectivity index (χ0v) is 12.7. The monoisotopic (exact) mass is 311 g/mol. The highest BCUT2D eigenvalue weighted by molar-refractivity contribution is 7.88. The third kappa shape index (κ3) is 6.14. The van der Waals surface area contributed by atoms with Crippen LogP contribution >= 0.6 is 0 Å². The maximum atomic E-state index is 11.9. The van der Waals surface area contributed by atoms with Crippen LogP contribution in [0.3, 0.4) is 0 Å². The molecule has 0 radical (unpaired) electrons. The van der Waals surface area contributed by atoms with E-state index < -0.39 is 10.0 Å². The summed E-state index contributed by atoms with van der Waals surface area (Å²) >= 11 is 0. The summed E-state index contributed by atoms with van der Waals surface area (Å²) in [5.41, 5.74) is 6.81. The van der Waals surface area contributed by atoms with Crippen molar-refractivity contribution in [1.82, 2.24) is 10.0 Å².